The Morgan fingerprint density at radius 2 is 2.00 bits per heavy atom. The first kappa shape index (κ1) is 14.4. The molecule has 0 aliphatic carbocycles. The van der Waals surface area contributed by atoms with Gasteiger partial charge in [-0.2, -0.15) is 0 Å². The molecule has 1 aromatic carbocycles. The van der Waals surface area contributed by atoms with Crippen molar-refractivity contribution in [2.45, 2.75) is 31.7 Å². The van der Waals surface area contributed by atoms with Gasteiger partial charge in [-0.05, 0) is 31.4 Å². The highest BCUT2D eigenvalue weighted by Gasteiger charge is 2.29. The van der Waals surface area contributed by atoms with Gasteiger partial charge in [0.1, 0.15) is 5.69 Å². The molecule has 0 saturated carbocycles. The minimum atomic E-state index is -0.380. The Kier molecular flexibility index (Phi) is 4.00. The normalized spacial score (nSPS) is 18.4. The highest BCUT2D eigenvalue weighted by Crippen LogP contribution is 2.21. The molecule has 1 fully saturated rings. The SMILES string of the molecule is NC(=O)C[C@@H]1CCCCN1C(=O)c1cnc2ccccc2n1. The number of hydrogen-bond donors (Lipinski definition) is 1. The number of primary amides is 1. The number of nitrogens with two attached hydrogens (primary N) is 1. The van der Waals surface area contributed by atoms with E-state index in [0.29, 0.717) is 17.8 Å². The predicted octanol–water partition coefficient (Wildman–Crippen LogP) is 1.50. The van der Waals surface area contributed by atoms with E-state index in [0.717, 1.165) is 24.8 Å². The van der Waals surface area contributed by atoms with Crippen LogP contribution in [0.4, 0.5) is 0 Å². The molecule has 2 aromatic rings. The maximum atomic E-state index is 12.7. The molecule has 6 heteroatoms. The van der Waals surface area contributed by atoms with Crippen LogP contribution in [0, 0.1) is 0 Å². The van der Waals surface area contributed by atoms with E-state index in [1.807, 2.05) is 24.3 Å². The first-order valence-electron chi connectivity index (χ1n) is 7.46. The summed E-state index contributed by atoms with van der Waals surface area (Å²) in [5, 5.41) is 0. The third kappa shape index (κ3) is 2.90. The number of rotatable bonds is 3. The zero-order valence-corrected chi connectivity index (χ0v) is 12.2. The molecular formula is C16H18N4O2. The van der Waals surface area contributed by atoms with Crippen LogP contribution >= 0.6 is 0 Å². The van der Waals surface area contributed by atoms with Gasteiger partial charge in [0.05, 0.1) is 17.2 Å². The van der Waals surface area contributed by atoms with E-state index in [-0.39, 0.29) is 24.3 Å². The van der Waals surface area contributed by atoms with Crippen molar-refractivity contribution in [3.63, 3.8) is 0 Å². The van der Waals surface area contributed by atoms with Crippen LogP contribution in [0.3, 0.4) is 0 Å². The number of carbonyl (C=O) groups is 2. The Balaban J connectivity index is 1.87. The van der Waals surface area contributed by atoms with Gasteiger partial charge >= 0.3 is 0 Å². The predicted molar refractivity (Wildman–Crippen MR) is 82.0 cm³/mol. The van der Waals surface area contributed by atoms with Gasteiger partial charge in [-0.15, -0.1) is 0 Å². The summed E-state index contributed by atoms with van der Waals surface area (Å²) in [6, 6.07) is 7.30. The van der Waals surface area contributed by atoms with Crippen molar-refractivity contribution >= 4 is 22.8 Å². The lowest BCUT2D eigenvalue weighted by molar-refractivity contribution is -0.119. The van der Waals surface area contributed by atoms with Crippen molar-refractivity contribution in [1.29, 1.82) is 0 Å². The van der Waals surface area contributed by atoms with E-state index >= 15 is 0 Å². The molecule has 0 spiro atoms. The molecule has 2 amide bonds. The summed E-state index contributed by atoms with van der Waals surface area (Å²) in [6.07, 6.45) is 4.44. The highest BCUT2D eigenvalue weighted by atomic mass is 16.2. The summed E-state index contributed by atoms with van der Waals surface area (Å²) < 4.78 is 0. The first-order chi connectivity index (χ1) is 10.6. The summed E-state index contributed by atoms with van der Waals surface area (Å²) in [6.45, 7) is 0.630. The van der Waals surface area contributed by atoms with Crippen LogP contribution in [0.25, 0.3) is 11.0 Å². The molecule has 1 aliphatic rings. The average molecular weight is 298 g/mol. The Morgan fingerprint density at radius 3 is 2.77 bits per heavy atom. The van der Waals surface area contributed by atoms with Gasteiger partial charge in [-0.3, -0.25) is 14.6 Å². The number of nitrogens with zero attached hydrogens (tertiary/aromatic N) is 3. The summed E-state index contributed by atoms with van der Waals surface area (Å²) in [5.74, 6) is -0.557. The van der Waals surface area contributed by atoms with Gasteiger partial charge in [-0.1, -0.05) is 12.1 Å². The van der Waals surface area contributed by atoms with E-state index < -0.39 is 0 Å². The maximum Gasteiger partial charge on any atom is 0.274 e. The van der Waals surface area contributed by atoms with Crippen LogP contribution < -0.4 is 5.73 Å². The summed E-state index contributed by atoms with van der Waals surface area (Å²) in [4.78, 5) is 34.3. The lowest BCUT2D eigenvalue weighted by Gasteiger charge is -2.34. The fraction of sp³-hybridized carbons (Fsp3) is 0.375. The summed E-state index contributed by atoms with van der Waals surface area (Å²) >= 11 is 0. The minimum absolute atomic E-state index is 0.132. The van der Waals surface area contributed by atoms with Crippen LogP contribution in [0.2, 0.25) is 0 Å². The van der Waals surface area contributed by atoms with Gasteiger partial charge in [-0.25, -0.2) is 4.98 Å². The fourth-order valence-electron chi connectivity index (χ4n) is 2.92. The van der Waals surface area contributed by atoms with E-state index in [2.05, 4.69) is 9.97 Å². The maximum absolute atomic E-state index is 12.7. The molecule has 1 aromatic heterocycles. The Hall–Kier alpha value is -2.50. The molecule has 114 valence electrons. The third-order valence-corrected chi connectivity index (χ3v) is 3.99. The van der Waals surface area contributed by atoms with Crippen molar-refractivity contribution < 1.29 is 9.59 Å². The van der Waals surface area contributed by atoms with Crippen LogP contribution in [0.5, 0.6) is 0 Å². The molecule has 0 radical (unpaired) electrons. The number of hydrogen-bond acceptors (Lipinski definition) is 4. The topological polar surface area (TPSA) is 89.2 Å². The van der Waals surface area contributed by atoms with Gasteiger partial charge in [0, 0.05) is 19.0 Å². The van der Waals surface area contributed by atoms with Gasteiger partial charge in [0.2, 0.25) is 5.91 Å². The van der Waals surface area contributed by atoms with Gasteiger partial charge < -0.3 is 10.6 Å². The van der Waals surface area contributed by atoms with Crippen molar-refractivity contribution in [3.05, 3.63) is 36.2 Å². The zero-order valence-electron chi connectivity index (χ0n) is 12.2. The van der Waals surface area contributed by atoms with Crippen LogP contribution in [0.15, 0.2) is 30.5 Å². The second-order valence-corrected chi connectivity index (χ2v) is 5.56. The number of piperidine rings is 1. The number of amides is 2. The van der Waals surface area contributed by atoms with Gasteiger partial charge in [0.15, 0.2) is 0 Å². The Morgan fingerprint density at radius 1 is 1.23 bits per heavy atom. The molecule has 1 atom stereocenters. The van der Waals surface area contributed by atoms with Crippen LogP contribution in [0.1, 0.15) is 36.2 Å². The fourth-order valence-corrected chi connectivity index (χ4v) is 2.92. The number of fused-ring (bicyclic) bond motifs is 1. The molecule has 1 saturated heterocycles. The molecule has 22 heavy (non-hydrogen) atoms. The third-order valence-electron chi connectivity index (χ3n) is 3.99. The van der Waals surface area contributed by atoms with E-state index in [1.54, 1.807) is 4.90 Å². The summed E-state index contributed by atoms with van der Waals surface area (Å²) in [7, 11) is 0. The number of benzene rings is 1. The van der Waals surface area contributed by atoms with Crippen LogP contribution in [-0.2, 0) is 4.79 Å². The number of carbonyl (C=O) groups excluding carboxylic acids is 2. The van der Waals surface area contributed by atoms with Crippen molar-refractivity contribution in [2.24, 2.45) is 5.73 Å². The molecule has 0 bridgehead atoms. The number of likely N-dealkylation sites (tertiary alicyclic amines) is 1. The van der Waals surface area contributed by atoms with E-state index in [1.165, 1.54) is 6.20 Å². The quantitative estimate of drug-likeness (QED) is 0.930. The summed E-state index contributed by atoms with van der Waals surface area (Å²) in [5.41, 5.74) is 7.06. The van der Waals surface area contributed by atoms with E-state index in [9.17, 15) is 9.59 Å². The zero-order chi connectivity index (χ0) is 15.5. The van der Waals surface area contributed by atoms with Crippen molar-refractivity contribution in [3.8, 4) is 0 Å². The lowest BCUT2D eigenvalue weighted by atomic mass is 9.98. The second kappa shape index (κ2) is 6.09. The molecular weight excluding hydrogens is 280 g/mol. The first-order valence-corrected chi connectivity index (χ1v) is 7.46. The van der Waals surface area contributed by atoms with Gasteiger partial charge in [0.25, 0.3) is 5.91 Å². The van der Waals surface area contributed by atoms with E-state index in [4.69, 9.17) is 5.73 Å². The Bertz CT molecular complexity index is 716. The van der Waals surface area contributed by atoms with Crippen molar-refractivity contribution in [2.75, 3.05) is 6.54 Å². The number of para-hydroxylation sites is 2. The molecule has 0 unspecified atom stereocenters. The second-order valence-electron chi connectivity index (χ2n) is 5.56. The molecule has 3 rings (SSSR count). The molecule has 6 nitrogen and oxygen atoms in total. The molecule has 2 heterocycles. The minimum Gasteiger partial charge on any atom is -0.370 e. The lowest BCUT2D eigenvalue weighted by Crippen LogP contribution is -2.45. The number of aromatic nitrogens is 2. The smallest absolute Gasteiger partial charge is 0.274 e. The standard InChI is InChI=1S/C16H18N4O2/c17-15(21)9-11-5-3-4-8-20(11)16(22)14-10-18-12-6-1-2-7-13(12)19-14/h1-2,6-7,10-11H,3-5,8-9H2,(H2,17,21)/t11-/m0/s1. The van der Waals surface area contributed by atoms with Crippen LogP contribution in [-0.4, -0.2) is 39.3 Å². The monoisotopic (exact) mass is 298 g/mol. The highest BCUT2D eigenvalue weighted by molar-refractivity contribution is 5.94. The largest absolute Gasteiger partial charge is 0.370 e. The Labute approximate surface area is 128 Å². The molecule has 2 N–H and O–H groups in total. The average Bonchev–Trinajstić information content (AvgIpc) is 2.54. The van der Waals surface area contributed by atoms with Crippen molar-refractivity contribution in [1.82, 2.24) is 14.9 Å². The molecule has 1 aliphatic heterocycles.